The van der Waals surface area contributed by atoms with Gasteiger partial charge in [0.2, 0.25) is 0 Å². The van der Waals surface area contributed by atoms with Crippen LogP contribution in [0.5, 0.6) is 0 Å². The van der Waals surface area contributed by atoms with Crippen molar-refractivity contribution in [3.8, 4) is 0 Å². The van der Waals surface area contributed by atoms with Crippen LogP contribution in [0.2, 0.25) is 0 Å². The number of phosphoric acid groups is 1. The molecule has 0 radical (unpaired) electrons. The fourth-order valence-corrected chi connectivity index (χ4v) is 5.65. The van der Waals surface area contributed by atoms with E-state index in [0.29, 0.717) is 30.3 Å². The molecule has 0 aliphatic rings. The van der Waals surface area contributed by atoms with Gasteiger partial charge in [-0.25, -0.2) is 4.57 Å². The maximum absolute atomic E-state index is 12.7. The van der Waals surface area contributed by atoms with Crippen molar-refractivity contribution < 1.29 is 47.2 Å². The number of quaternary nitrogens is 1. The Morgan fingerprint density at radius 1 is 0.632 bits per heavy atom. The largest absolute Gasteiger partial charge is 0.472 e. The number of hydrogen-bond acceptors (Lipinski definition) is 8. The zero-order valence-electron chi connectivity index (χ0n) is 35.9. The molecular weight excluding hydrogens is 741 g/mol. The van der Waals surface area contributed by atoms with Crippen LogP contribution in [0, 0.1) is 0 Å². The van der Waals surface area contributed by atoms with Gasteiger partial charge in [-0.05, 0) is 77.0 Å². The number of carbonyl (C=O) groups is 2. The Hall–Kier alpha value is -3.11. The second kappa shape index (κ2) is 37.2. The van der Waals surface area contributed by atoms with Gasteiger partial charge in [0.05, 0.1) is 33.9 Å². The van der Waals surface area contributed by atoms with Crippen molar-refractivity contribution >= 4 is 19.8 Å². The lowest BCUT2D eigenvalue weighted by molar-refractivity contribution is -0.870. The van der Waals surface area contributed by atoms with Crippen molar-refractivity contribution in [2.75, 3.05) is 47.5 Å². The smallest absolute Gasteiger partial charge is 0.462 e. The molecule has 0 aliphatic heterocycles. The summed E-state index contributed by atoms with van der Waals surface area (Å²) in [6.07, 6.45) is 45.1. The van der Waals surface area contributed by atoms with Gasteiger partial charge in [-0.15, -0.1) is 0 Å². The van der Waals surface area contributed by atoms with Gasteiger partial charge in [-0.1, -0.05) is 130 Å². The molecule has 57 heavy (non-hydrogen) atoms. The Morgan fingerprint density at radius 2 is 1.18 bits per heavy atom. The molecule has 0 saturated heterocycles. The van der Waals surface area contributed by atoms with Gasteiger partial charge in [-0.2, -0.15) is 0 Å². The molecule has 0 aromatic rings. The SMILES string of the molecule is CC/C=C\C/C=C\C/C=C\C/C=C\C/C=C\CCCC(=O)OC[C@H](COP(=O)(O)OCC[N+](C)(C)C)OC(=O)CCCCCCC/C=C/C=C/C(O)C/C=C/CC. The first-order chi connectivity index (χ1) is 27.4. The van der Waals surface area contributed by atoms with Crippen molar-refractivity contribution in [3.63, 3.8) is 0 Å². The molecule has 0 aromatic carbocycles. The third-order valence-electron chi connectivity index (χ3n) is 8.19. The van der Waals surface area contributed by atoms with E-state index < -0.39 is 38.6 Å². The van der Waals surface area contributed by atoms with Crippen molar-refractivity contribution in [2.45, 2.75) is 135 Å². The molecular formula is C46H77NO9P+. The van der Waals surface area contributed by atoms with E-state index in [0.717, 1.165) is 77.0 Å². The van der Waals surface area contributed by atoms with Crippen LogP contribution >= 0.6 is 7.82 Å². The lowest BCUT2D eigenvalue weighted by atomic mass is 10.1. The third kappa shape index (κ3) is 40.9. The number of phosphoric ester groups is 1. The molecule has 0 spiro atoms. The van der Waals surface area contributed by atoms with Crippen LogP contribution in [0.1, 0.15) is 123 Å². The number of rotatable bonds is 36. The molecule has 0 bridgehead atoms. The molecule has 0 amide bonds. The molecule has 2 unspecified atom stereocenters. The predicted octanol–water partition coefficient (Wildman–Crippen LogP) is 10.8. The number of carbonyl (C=O) groups excluding carboxylic acids is 2. The van der Waals surface area contributed by atoms with E-state index in [1.54, 1.807) is 6.08 Å². The first-order valence-corrected chi connectivity index (χ1v) is 22.6. The topological polar surface area (TPSA) is 129 Å². The van der Waals surface area contributed by atoms with Gasteiger partial charge in [0.25, 0.3) is 0 Å². The molecule has 0 saturated carbocycles. The van der Waals surface area contributed by atoms with Crippen LogP contribution in [0.4, 0.5) is 0 Å². The van der Waals surface area contributed by atoms with Crippen LogP contribution in [0.15, 0.2) is 97.2 Å². The Morgan fingerprint density at radius 3 is 1.81 bits per heavy atom. The summed E-state index contributed by atoms with van der Waals surface area (Å²) in [7, 11) is 1.38. The van der Waals surface area contributed by atoms with E-state index in [9.17, 15) is 24.2 Å². The lowest BCUT2D eigenvalue weighted by Crippen LogP contribution is -2.37. The third-order valence-corrected chi connectivity index (χ3v) is 9.17. The first kappa shape index (κ1) is 53.9. The number of aliphatic hydroxyl groups excluding tert-OH is 1. The number of likely N-dealkylation sites (N-methyl/N-ethyl adjacent to an activating group) is 1. The summed E-state index contributed by atoms with van der Waals surface area (Å²) < 4.78 is 34.1. The average molecular weight is 819 g/mol. The van der Waals surface area contributed by atoms with E-state index in [2.05, 4.69) is 74.6 Å². The van der Waals surface area contributed by atoms with Crippen LogP contribution in [0.3, 0.4) is 0 Å². The molecule has 11 heteroatoms. The first-order valence-electron chi connectivity index (χ1n) is 21.1. The van der Waals surface area contributed by atoms with E-state index in [-0.39, 0.29) is 26.1 Å². The summed E-state index contributed by atoms with van der Waals surface area (Å²) in [5, 5.41) is 9.88. The van der Waals surface area contributed by atoms with Crippen molar-refractivity contribution in [3.05, 3.63) is 97.2 Å². The minimum Gasteiger partial charge on any atom is -0.462 e. The molecule has 2 N–H and O–H groups in total. The minimum atomic E-state index is -4.41. The Labute approximate surface area is 346 Å². The number of ether oxygens (including phenoxy) is 2. The summed E-state index contributed by atoms with van der Waals surface area (Å²) in [4.78, 5) is 35.3. The van der Waals surface area contributed by atoms with Crippen molar-refractivity contribution in [1.29, 1.82) is 0 Å². The fourth-order valence-electron chi connectivity index (χ4n) is 4.91. The summed E-state index contributed by atoms with van der Waals surface area (Å²) in [6.45, 7) is 3.95. The Kier molecular flexibility index (Phi) is 35.2. The quantitative estimate of drug-likeness (QED) is 0.0159. The van der Waals surface area contributed by atoms with Crippen LogP contribution in [-0.2, 0) is 32.7 Å². The molecule has 0 aromatic heterocycles. The average Bonchev–Trinajstić information content (AvgIpc) is 3.15. The standard InChI is InChI=1S/C46H76NO9P/c1-6-8-10-11-12-13-14-15-16-17-18-19-20-23-26-29-33-37-45(49)53-41-44(42-55-57(51,52)54-40-39-47(3,4)5)56-46(50)38-34-30-27-24-21-22-25-28-32-36-43(48)35-31-9-7-2/h8-10,12-13,15-16,18-19,23,25-26,28,31-32,36,43-44,48H,6-7,11,14,17,20-22,24,27,29-30,33-35,37-42H2,1-5H3/p+1/b10-8-,13-12-,16-15-,19-18-,26-23-,28-25+,31-9+,36-32+/t43?,44-/m1/s1. The fraction of sp³-hybridized carbons (Fsp3) is 0.609. The highest BCUT2D eigenvalue weighted by Crippen LogP contribution is 2.43. The molecule has 3 atom stereocenters. The Bertz CT molecular complexity index is 1310. The van der Waals surface area contributed by atoms with Crippen molar-refractivity contribution in [1.82, 2.24) is 0 Å². The van der Waals surface area contributed by atoms with Crippen LogP contribution in [0.25, 0.3) is 0 Å². The molecule has 0 rings (SSSR count). The zero-order chi connectivity index (χ0) is 42.3. The normalized spacial score (nSPS) is 15.1. The van der Waals surface area contributed by atoms with Crippen LogP contribution < -0.4 is 0 Å². The number of unbranched alkanes of at least 4 members (excludes halogenated alkanes) is 6. The van der Waals surface area contributed by atoms with E-state index in [1.807, 2.05) is 51.5 Å². The second-order valence-corrected chi connectivity index (χ2v) is 16.3. The van der Waals surface area contributed by atoms with Gasteiger partial charge < -0.3 is 24.0 Å². The monoisotopic (exact) mass is 819 g/mol. The highest BCUT2D eigenvalue weighted by molar-refractivity contribution is 7.47. The highest BCUT2D eigenvalue weighted by atomic mass is 31.2. The lowest BCUT2D eigenvalue weighted by Gasteiger charge is -2.24. The number of nitrogens with zero attached hydrogens (tertiary/aromatic N) is 1. The minimum absolute atomic E-state index is 0.00325. The molecule has 0 fully saturated rings. The zero-order valence-corrected chi connectivity index (χ0v) is 36.8. The van der Waals surface area contributed by atoms with E-state index in [4.69, 9.17) is 18.5 Å². The number of aliphatic hydroxyl groups is 1. The number of esters is 2. The maximum atomic E-state index is 12.7. The van der Waals surface area contributed by atoms with E-state index >= 15 is 0 Å². The summed E-state index contributed by atoms with van der Waals surface area (Å²) in [6, 6.07) is 0. The number of hydrogen-bond donors (Lipinski definition) is 2. The Balaban J connectivity index is 4.57. The maximum Gasteiger partial charge on any atom is 0.472 e. The highest BCUT2D eigenvalue weighted by Gasteiger charge is 2.27. The predicted molar refractivity (Wildman–Crippen MR) is 234 cm³/mol. The van der Waals surface area contributed by atoms with Gasteiger partial charge in [-0.3, -0.25) is 18.6 Å². The summed E-state index contributed by atoms with van der Waals surface area (Å²) >= 11 is 0. The number of allylic oxidation sites excluding steroid dienone is 14. The van der Waals surface area contributed by atoms with Crippen molar-refractivity contribution in [2.24, 2.45) is 0 Å². The van der Waals surface area contributed by atoms with Gasteiger partial charge in [0.15, 0.2) is 6.10 Å². The second-order valence-electron chi connectivity index (χ2n) is 14.8. The molecule has 0 aliphatic carbocycles. The van der Waals surface area contributed by atoms with E-state index in [1.165, 1.54) is 0 Å². The van der Waals surface area contributed by atoms with Gasteiger partial charge in [0.1, 0.15) is 19.8 Å². The van der Waals surface area contributed by atoms with Crippen LogP contribution in [-0.4, -0.2) is 86.1 Å². The molecule has 10 nitrogen and oxygen atoms in total. The summed E-state index contributed by atoms with van der Waals surface area (Å²) in [5.74, 6) is -0.933. The van der Waals surface area contributed by atoms with Gasteiger partial charge >= 0.3 is 19.8 Å². The molecule has 324 valence electrons. The molecule has 0 heterocycles. The van der Waals surface area contributed by atoms with Gasteiger partial charge in [0, 0.05) is 12.8 Å². The summed E-state index contributed by atoms with van der Waals surface area (Å²) in [5.41, 5.74) is 0.